The van der Waals surface area contributed by atoms with Gasteiger partial charge < -0.3 is 30.1 Å². The number of benzene rings is 2. The number of carbonyl (C=O) groups is 2. The van der Waals surface area contributed by atoms with Crippen molar-refractivity contribution in [3.63, 3.8) is 0 Å². The van der Waals surface area contributed by atoms with Gasteiger partial charge in [0.05, 0.1) is 19.3 Å². The van der Waals surface area contributed by atoms with E-state index >= 15 is 0 Å². The molecule has 1 atom stereocenters. The highest BCUT2D eigenvalue weighted by atomic mass is 16.7. The summed E-state index contributed by atoms with van der Waals surface area (Å²) in [7, 11) is 0. The Morgan fingerprint density at radius 2 is 1.91 bits per heavy atom. The van der Waals surface area contributed by atoms with E-state index in [0.29, 0.717) is 32.1 Å². The fourth-order valence-electron chi connectivity index (χ4n) is 4.87. The predicted octanol–water partition coefficient (Wildman–Crippen LogP) is 4.53. The molecule has 1 saturated heterocycles. The van der Waals surface area contributed by atoms with Crippen molar-refractivity contribution < 1.29 is 24.2 Å². The molecule has 1 amide bonds. The fourth-order valence-corrected chi connectivity index (χ4v) is 4.87. The molecule has 0 bridgehead atoms. The molecule has 0 radical (unpaired) electrons. The normalized spacial score (nSPS) is 19.5. The van der Waals surface area contributed by atoms with Crippen LogP contribution in [0.25, 0.3) is 0 Å². The lowest BCUT2D eigenvalue weighted by atomic mass is 9.73. The molecule has 2 heterocycles. The number of fused-ring (bicyclic) bond motifs is 1. The van der Waals surface area contributed by atoms with Gasteiger partial charge in [0.25, 0.3) is 0 Å². The molecule has 2 aromatic carbocycles. The quantitative estimate of drug-likeness (QED) is 0.439. The zero-order chi connectivity index (χ0) is 24.5. The van der Waals surface area contributed by atoms with Crippen LogP contribution in [0.2, 0.25) is 0 Å². The molecular weight excluding hydrogens is 434 g/mol. The van der Waals surface area contributed by atoms with Gasteiger partial charge in [-0.1, -0.05) is 26.0 Å². The van der Waals surface area contributed by atoms with E-state index in [-0.39, 0.29) is 17.4 Å². The maximum Gasteiger partial charge on any atom is 0.511 e. The number of carboxylic acid groups (broad SMARTS) is 1. The molecule has 0 saturated carbocycles. The lowest BCUT2D eigenvalue weighted by Crippen LogP contribution is -2.53. The number of amides is 1. The van der Waals surface area contributed by atoms with Gasteiger partial charge in [-0.2, -0.15) is 0 Å². The number of hydrogen-bond acceptors (Lipinski definition) is 6. The molecule has 8 heteroatoms. The first-order valence-electron chi connectivity index (χ1n) is 11.6. The van der Waals surface area contributed by atoms with Crippen molar-refractivity contribution in [2.75, 3.05) is 36.9 Å². The Morgan fingerprint density at radius 1 is 1.18 bits per heavy atom. The Morgan fingerprint density at radius 3 is 2.62 bits per heavy atom. The molecule has 2 aliphatic rings. The van der Waals surface area contributed by atoms with Crippen LogP contribution in [0.1, 0.15) is 44.9 Å². The molecule has 2 aliphatic heterocycles. The van der Waals surface area contributed by atoms with E-state index < -0.39 is 11.7 Å². The molecule has 0 spiro atoms. The van der Waals surface area contributed by atoms with Crippen molar-refractivity contribution in [2.24, 2.45) is 5.41 Å². The van der Waals surface area contributed by atoms with Gasteiger partial charge in [0.15, 0.2) is 0 Å². The molecule has 0 aliphatic carbocycles. The Labute approximate surface area is 200 Å². The summed E-state index contributed by atoms with van der Waals surface area (Å²) in [6.45, 7) is 10.6. The van der Waals surface area contributed by atoms with E-state index in [4.69, 9.17) is 14.6 Å². The lowest BCUT2D eigenvalue weighted by molar-refractivity contribution is -0.139. The summed E-state index contributed by atoms with van der Waals surface area (Å²) in [6.07, 6.45) is -0.560. The highest BCUT2D eigenvalue weighted by molar-refractivity contribution is 5.88. The molecule has 3 N–H and O–H groups in total. The van der Waals surface area contributed by atoms with E-state index in [1.807, 2.05) is 36.9 Å². The Bertz CT molecular complexity index is 1080. The maximum atomic E-state index is 13.1. The average molecular weight is 468 g/mol. The van der Waals surface area contributed by atoms with Crippen LogP contribution in [-0.4, -0.2) is 53.9 Å². The topological polar surface area (TPSA) is 100 Å². The number of nitrogens with one attached hydrogen (secondary N) is 2. The van der Waals surface area contributed by atoms with Gasteiger partial charge in [0.1, 0.15) is 11.3 Å². The Kier molecular flexibility index (Phi) is 6.45. The predicted molar refractivity (Wildman–Crippen MR) is 130 cm³/mol. The van der Waals surface area contributed by atoms with Crippen LogP contribution in [0.3, 0.4) is 0 Å². The van der Waals surface area contributed by atoms with Crippen LogP contribution < -0.4 is 15.4 Å². The van der Waals surface area contributed by atoms with Crippen molar-refractivity contribution in [3.8, 4) is 5.75 Å². The van der Waals surface area contributed by atoms with E-state index in [2.05, 4.69) is 36.6 Å². The SMILES string of the molecule is CC(C)(Nc1cccc(C2Nc3ccc(OC(=O)O)cc3CC2(C)C)c1)C(=O)N1CCOCC1. The average Bonchev–Trinajstić information content (AvgIpc) is 2.77. The smallest absolute Gasteiger partial charge is 0.449 e. The van der Waals surface area contributed by atoms with Crippen LogP contribution in [-0.2, 0) is 16.0 Å². The minimum Gasteiger partial charge on any atom is -0.449 e. The summed E-state index contributed by atoms with van der Waals surface area (Å²) in [6, 6.07) is 13.5. The zero-order valence-corrected chi connectivity index (χ0v) is 20.2. The number of hydrogen-bond donors (Lipinski definition) is 3. The molecule has 1 fully saturated rings. The van der Waals surface area contributed by atoms with Crippen molar-refractivity contribution in [1.82, 2.24) is 4.90 Å². The lowest BCUT2D eigenvalue weighted by Gasteiger charge is -2.41. The number of rotatable bonds is 5. The number of nitrogens with zero attached hydrogens (tertiary/aromatic N) is 1. The number of ether oxygens (including phenoxy) is 2. The summed E-state index contributed by atoms with van der Waals surface area (Å²) in [4.78, 5) is 25.8. The first-order valence-corrected chi connectivity index (χ1v) is 11.6. The Balaban J connectivity index is 1.54. The third-order valence-electron chi connectivity index (χ3n) is 6.52. The molecular formula is C26H33N3O5. The molecule has 8 nitrogen and oxygen atoms in total. The molecule has 34 heavy (non-hydrogen) atoms. The van der Waals surface area contributed by atoms with Gasteiger partial charge >= 0.3 is 6.16 Å². The second-order valence-electron chi connectivity index (χ2n) is 10.2. The largest absolute Gasteiger partial charge is 0.511 e. The van der Waals surface area contributed by atoms with Gasteiger partial charge in [-0.25, -0.2) is 4.79 Å². The van der Waals surface area contributed by atoms with Gasteiger partial charge in [0, 0.05) is 24.5 Å². The summed E-state index contributed by atoms with van der Waals surface area (Å²) in [5.41, 5.74) is 3.08. The van der Waals surface area contributed by atoms with Crippen LogP contribution in [0.15, 0.2) is 42.5 Å². The molecule has 1 unspecified atom stereocenters. The van der Waals surface area contributed by atoms with Crippen molar-refractivity contribution in [3.05, 3.63) is 53.6 Å². The summed E-state index contributed by atoms with van der Waals surface area (Å²) in [5, 5.41) is 16.0. The van der Waals surface area contributed by atoms with Gasteiger partial charge in [-0.05, 0) is 67.1 Å². The van der Waals surface area contributed by atoms with Crippen LogP contribution >= 0.6 is 0 Å². The maximum absolute atomic E-state index is 13.1. The molecule has 182 valence electrons. The summed E-state index contributed by atoms with van der Waals surface area (Å²) < 4.78 is 10.2. The summed E-state index contributed by atoms with van der Waals surface area (Å²) >= 11 is 0. The highest BCUT2D eigenvalue weighted by Gasteiger charge is 2.37. The summed E-state index contributed by atoms with van der Waals surface area (Å²) in [5.74, 6) is 0.381. The van der Waals surface area contributed by atoms with E-state index in [9.17, 15) is 9.59 Å². The number of carbonyl (C=O) groups excluding carboxylic acids is 1. The van der Waals surface area contributed by atoms with Gasteiger partial charge in [0.2, 0.25) is 5.91 Å². The van der Waals surface area contributed by atoms with E-state index in [1.54, 1.807) is 12.1 Å². The molecule has 4 rings (SSSR count). The minimum absolute atomic E-state index is 0.0334. The second kappa shape index (κ2) is 9.18. The standard InChI is InChI=1S/C26H33N3O5/c1-25(2)16-18-15-20(34-24(31)32)8-9-21(18)27-22(25)17-6-5-7-19(14-17)28-26(3,4)23(30)29-10-12-33-13-11-29/h5-9,14-15,22,27-28H,10-13,16H2,1-4H3,(H,31,32). The van der Waals surface area contributed by atoms with Crippen molar-refractivity contribution >= 4 is 23.4 Å². The van der Waals surface area contributed by atoms with Crippen LogP contribution in [0.4, 0.5) is 16.2 Å². The third kappa shape index (κ3) is 5.12. The molecule has 2 aromatic rings. The highest BCUT2D eigenvalue weighted by Crippen LogP contribution is 2.46. The van der Waals surface area contributed by atoms with Crippen molar-refractivity contribution in [1.29, 1.82) is 0 Å². The number of morpholine rings is 1. The van der Waals surface area contributed by atoms with E-state index in [0.717, 1.165) is 28.9 Å². The first kappa shape index (κ1) is 23.9. The fraction of sp³-hybridized carbons (Fsp3) is 0.462. The van der Waals surface area contributed by atoms with Crippen LogP contribution in [0, 0.1) is 5.41 Å². The van der Waals surface area contributed by atoms with Crippen molar-refractivity contribution in [2.45, 2.75) is 45.7 Å². The van der Waals surface area contributed by atoms with Gasteiger partial charge in [-0.3, -0.25) is 4.79 Å². The second-order valence-corrected chi connectivity index (χ2v) is 10.2. The van der Waals surface area contributed by atoms with E-state index in [1.165, 1.54) is 0 Å². The molecule has 0 aromatic heterocycles. The first-order chi connectivity index (χ1) is 16.0. The minimum atomic E-state index is -1.32. The Hall–Kier alpha value is -3.26. The monoisotopic (exact) mass is 467 g/mol. The number of anilines is 2. The third-order valence-corrected chi connectivity index (χ3v) is 6.52. The van der Waals surface area contributed by atoms with Crippen LogP contribution in [0.5, 0.6) is 5.75 Å². The van der Waals surface area contributed by atoms with Gasteiger partial charge in [-0.15, -0.1) is 0 Å². The zero-order valence-electron chi connectivity index (χ0n) is 20.2.